The first kappa shape index (κ1) is 20.8. The lowest BCUT2D eigenvalue weighted by molar-refractivity contribution is 0.0745. The number of nitrogens with zero attached hydrogens (tertiary/aromatic N) is 4. The zero-order valence-electron chi connectivity index (χ0n) is 17.7. The van der Waals surface area contributed by atoms with Gasteiger partial charge < -0.3 is 28.6 Å². The van der Waals surface area contributed by atoms with Gasteiger partial charge in [0, 0.05) is 51.2 Å². The van der Waals surface area contributed by atoms with Gasteiger partial charge in [0.1, 0.15) is 0 Å². The van der Waals surface area contributed by atoms with E-state index in [2.05, 4.69) is 9.88 Å². The second-order valence-electron chi connectivity index (χ2n) is 6.72. The maximum atomic E-state index is 13.2. The zero-order chi connectivity index (χ0) is 20.8. The average Bonchev–Trinajstić information content (AvgIpc) is 3.16. The van der Waals surface area contributed by atoms with E-state index in [4.69, 9.17) is 14.2 Å². The van der Waals surface area contributed by atoms with Crippen LogP contribution in [-0.2, 0) is 7.05 Å². The summed E-state index contributed by atoms with van der Waals surface area (Å²) in [5, 5.41) is 0. The fourth-order valence-electron chi connectivity index (χ4n) is 3.47. The van der Waals surface area contributed by atoms with E-state index in [1.54, 1.807) is 18.3 Å². The Bertz CT molecular complexity index is 801. The Morgan fingerprint density at radius 3 is 2.03 bits per heavy atom. The number of ether oxygens (including phenoxy) is 3. The molecule has 0 bridgehead atoms. The van der Waals surface area contributed by atoms with E-state index in [0.717, 1.165) is 19.0 Å². The maximum Gasteiger partial charge on any atom is 0.254 e. The quantitative estimate of drug-likeness (QED) is 0.676. The fourth-order valence-corrected chi connectivity index (χ4v) is 3.47. The Labute approximate surface area is 172 Å². The summed E-state index contributed by atoms with van der Waals surface area (Å²) in [5.74, 6) is 2.52. The Hall–Kier alpha value is -2.90. The fraction of sp³-hybridized carbons (Fsp3) is 0.524. The predicted molar refractivity (Wildman–Crippen MR) is 111 cm³/mol. The van der Waals surface area contributed by atoms with Crippen molar-refractivity contribution in [1.29, 1.82) is 0 Å². The first-order chi connectivity index (χ1) is 14.1. The molecule has 0 spiro atoms. The second kappa shape index (κ2) is 9.54. The summed E-state index contributed by atoms with van der Waals surface area (Å²) in [7, 11) is 1.98. The van der Waals surface area contributed by atoms with Gasteiger partial charge in [-0.05, 0) is 32.9 Å². The van der Waals surface area contributed by atoms with Crippen LogP contribution in [0.1, 0.15) is 31.1 Å². The molecule has 8 nitrogen and oxygen atoms in total. The number of carbonyl (C=O) groups excluding carboxylic acids is 1. The molecule has 0 radical (unpaired) electrons. The van der Waals surface area contributed by atoms with Gasteiger partial charge in [0.2, 0.25) is 11.7 Å². The van der Waals surface area contributed by atoms with E-state index in [0.29, 0.717) is 55.7 Å². The molecule has 0 N–H and O–H groups in total. The van der Waals surface area contributed by atoms with E-state index in [9.17, 15) is 4.79 Å². The largest absolute Gasteiger partial charge is 0.490 e. The SMILES string of the molecule is CCOc1cc(C(=O)N2CCN(c3nccn3C)CC2)cc(OCC)c1OCC. The van der Waals surface area contributed by atoms with Gasteiger partial charge in [-0.25, -0.2) is 4.98 Å². The molecule has 158 valence electrons. The van der Waals surface area contributed by atoms with Crippen LogP contribution in [-0.4, -0.2) is 66.4 Å². The number of aromatic nitrogens is 2. The highest BCUT2D eigenvalue weighted by Gasteiger charge is 2.26. The van der Waals surface area contributed by atoms with Crippen molar-refractivity contribution in [3.8, 4) is 17.2 Å². The molecule has 1 aliphatic heterocycles. The van der Waals surface area contributed by atoms with E-state index in [1.807, 2.05) is 43.5 Å². The van der Waals surface area contributed by atoms with Gasteiger partial charge >= 0.3 is 0 Å². The molecule has 1 amide bonds. The van der Waals surface area contributed by atoms with Crippen molar-refractivity contribution in [1.82, 2.24) is 14.5 Å². The van der Waals surface area contributed by atoms with Crippen LogP contribution in [0.5, 0.6) is 17.2 Å². The van der Waals surface area contributed by atoms with E-state index >= 15 is 0 Å². The minimum Gasteiger partial charge on any atom is -0.490 e. The van der Waals surface area contributed by atoms with Crippen molar-refractivity contribution < 1.29 is 19.0 Å². The molecule has 0 saturated carbocycles. The molecule has 1 aromatic heterocycles. The predicted octanol–water partition coefficient (Wildman–Crippen LogP) is 2.58. The Morgan fingerprint density at radius 2 is 1.55 bits per heavy atom. The standard InChI is InChI=1S/C21H30N4O4/c1-5-27-17-14-16(15-18(28-6-2)19(17)29-7-3)20(26)24-10-12-25(13-11-24)21-22-8-9-23(21)4/h8-9,14-15H,5-7,10-13H2,1-4H3. The number of rotatable bonds is 8. The highest BCUT2D eigenvalue weighted by Crippen LogP contribution is 2.39. The van der Waals surface area contributed by atoms with E-state index < -0.39 is 0 Å². The van der Waals surface area contributed by atoms with Gasteiger partial charge in [0.15, 0.2) is 11.5 Å². The first-order valence-electron chi connectivity index (χ1n) is 10.2. The Balaban J connectivity index is 1.78. The molecule has 8 heteroatoms. The lowest BCUT2D eigenvalue weighted by Gasteiger charge is -2.35. The molecule has 3 rings (SSSR count). The number of amides is 1. The summed E-state index contributed by atoms with van der Waals surface area (Å²) >= 11 is 0. The van der Waals surface area contributed by atoms with Gasteiger partial charge in [-0.1, -0.05) is 0 Å². The van der Waals surface area contributed by atoms with Gasteiger partial charge in [-0.15, -0.1) is 0 Å². The smallest absolute Gasteiger partial charge is 0.254 e. The van der Waals surface area contributed by atoms with Crippen LogP contribution in [0.2, 0.25) is 0 Å². The molecule has 2 heterocycles. The van der Waals surface area contributed by atoms with Crippen molar-refractivity contribution in [2.24, 2.45) is 7.05 Å². The third-order valence-electron chi connectivity index (χ3n) is 4.80. The second-order valence-corrected chi connectivity index (χ2v) is 6.72. The molecule has 29 heavy (non-hydrogen) atoms. The van der Waals surface area contributed by atoms with Crippen LogP contribution in [0.15, 0.2) is 24.5 Å². The van der Waals surface area contributed by atoms with Gasteiger partial charge in [-0.2, -0.15) is 0 Å². The topological polar surface area (TPSA) is 69.1 Å². The minimum atomic E-state index is -0.0329. The van der Waals surface area contributed by atoms with Crippen LogP contribution in [0.25, 0.3) is 0 Å². The number of piperazine rings is 1. The summed E-state index contributed by atoms with van der Waals surface area (Å²) in [6.45, 7) is 9.91. The van der Waals surface area contributed by atoms with Crippen molar-refractivity contribution in [2.75, 3.05) is 50.9 Å². The lowest BCUT2D eigenvalue weighted by Crippen LogP contribution is -2.49. The van der Waals surface area contributed by atoms with Crippen molar-refractivity contribution >= 4 is 11.9 Å². The summed E-state index contributed by atoms with van der Waals surface area (Å²) in [4.78, 5) is 21.6. The third kappa shape index (κ3) is 4.58. The molecule has 0 unspecified atom stereocenters. The third-order valence-corrected chi connectivity index (χ3v) is 4.80. The molecule has 1 aliphatic rings. The monoisotopic (exact) mass is 402 g/mol. The van der Waals surface area contributed by atoms with E-state index in [1.165, 1.54) is 0 Å². The van der Waals surface area contributed by atoms with Gasteiger partial charge in [-0.3, -0.25) is 4.79 Å². The van der Waals surface area contributed by atoms with Gasteiger partial charge in [0.05, 0.1) is 19.8 Å². The van der Waals surface area contributed by atoms with Crippen LogP contribution in [0.3, 0.4) is 0 Å². The molecule has 1 fully saturated rings. The number of imidazole rings is 1. The molecule has 2 aromatic rings. The summed E-state index contributed by atoms with van der Waals surface area (Å²) < 4.78 is 19.2. The lowest BCUT2D eigenvalue weighted by atomic mass is 10.1. The maximum absolute atomic E-state index is 13.2. The van der Waals surface area contributed by atoms with Gasteiger partial charge in [0.25, 0.3) is 5.91 Å². The molecular weight excluding hydrogens is 372 g/mol. The molecule has 0 aliphatic carbocycles. The van der Waals surface area contributed by atoms with Crippen LogP contribution < -0.4 is 19.1 Å². The average molecular weight is 402 g/mol. The first-order valence-corrected chi connectivity index (χ1v) is 10.2. The number of benzene rings is 1. The van der Waals surface area contributed by atoms with Crippen LogP contribution in [0, 0.1) is 0 Å². The summed E-state index contributed by atoms with van der Waals surface area (Å²) in [5.41, 5.74) is 0.547. The Morgan fingerprint density at radius 1 is 0.966 bits per heavy atom. The van der Waals surface area contributed by atoms with E-state index in [-0.39, 0.29) is 5.91 Å². The summed E-state index contributed by atoms with van der Waals surface area (Å²) in [6.07, 6.45) is 3.72. The van der Waals surface area contributed by atoms with Crippen LogP contribution >= 0.6 is 0 Å². The van der Waals surface area contributed by atoms with Crippen LogP contribution in [0.4, 0.5) is 5.95 Å². The number of aryl methyl sites for hydroxylation is 1. The molecule has 1 aromatic carbocycles. The highest BCUT2D eigenvalue weighted by molar-refractivity contribution is 5.95. The number of anilines is 1. The number of carbonyl (C=O) groups is 1. The zero-order valence-corrected chi connectivity index (χ0v) is 17.7. The molecule has 1 saturated heterocycles. The Kier molecular flexibility index (Phi) is 6.85. The van der Waals surface area contributed by atoms with Crippen molar-refractivity contribution in [3.05, 3.63) is 30.1 Å². The van der Waals surface area contributed by atoms with Crippen molar-refractivity contribution in [2.45, 2.75) is 20.8 Å². The molecular formula is C21H30N4O4. The highest BCUT2D eigenvalue weighted by atomic mass is 16.5. The van der Waals surface area contributed by atoms with Crippen molar-refractivity contribution in [3.63, 3.8) is 0 Å². The minimum absolute atomic E-state index is 0.0329. The number of hydrogen-bond donors (Lipinski definition) is 0. The summed E-state index contributed by atoms with van der Waals surface area (Å²) in [6, 6.07) is 3.51. The molecule has 0 atom stereocenters. The number of hydrogen-bond acceptors (Lipinski definition) is 6. The normalized spacial score (nSPS) is 14.1.